The van der Waals surface area contributed by atoms with Crippen LogP contribution in [0.2, 0.25) is 0 Å². The van der Waals surface area contributed by atoms with Crippen molar-refractivity contribution in [1.29, 1.82) is 0 Å². The van der Waals surface area contributed by atoms with Gasteiger partial charge in [0.25, 0.3) is 0 Å². The molecular formula is C25H29N5S. The molecule has 2 aliphatic rings. The molecule has 3 aromatic rings. The van der Waals surface area contributed by atoms with E-state index >= 15 is 0 Å². The smallest absolute Gasteiger partial charge is 0.174 e. The molecule has 1 saturated carbocycles. The van der Waals surface area contributed by atoms with Crippen molar-refractivity contribution in [3.63, 3.8) is 0 Å². The maximum absolute atomic E-state index is 5.88. The number of hydrogen-bond acceptors (Lipinski definition) is 3. The van der Waals surface area contributed by atoms with Gasteiger partial charge in [-0.25, -0.2) is 0 Å². The average molecular weight is 432 g/mol. The van der Waals surface area contributed by atoms with E-state index in [0.717, 1.165) is 16.5 Å². The molecule has 1 aliphatic carbocycles. The summed E-state index contributed by atoms with van der Waals surface area (Å²) in [6, 6.07) is 19.8. The van der Waals surface area contributed by atoms with Crippen molar-refractivity contribution >= 4 is 28.7 Å². The summed E-state index contributed by atoms with van der Waals surface area (Å²) in [5, 5.41) is 4.33. The monoisotopic (exact) mass is 431 g/mol. The van der Waals surface area contributed by atoms with Crippen LogP contribution in [0.25, 0.3) is 0 Å². The van der Waals surface area contributed by atoms with Crippen LogP contribution in [0.15, 0.2) is 67.0 Å². The summed E-state index contributed by atoms with van der Waals surface area (Å²) in [6.45, 7) is 0. The molecule has 1 N–H and O–H groups in total. The van der Waals surface area contributed by atoms with Crippen LogP contribution in [0.4, 0.5) is 11.4 Å². The van der Waals surface area contributed by atoms with Gasteiger partial charge in [0.15, 0.2) is 5.11 Å². The molecule has 0 unspecified atom stereocenters. The molecule has 0 bridgehead atoms. The summed E-state index contributed by atoms with van der Waals surface area (Å²) in [6.07, 6.45) is 9.22. The molecule has 2 atom stereocenters. The van der Waals surface area contributed by atoms with E-state index in [0.29, 0.717) is 6.04 Å². The lowest BCUT2D eigenvalue weighted by Gasteiger charge is -2.30. The molecule has 2 fully saturated rings. The predicted molar refractivity (Wildman–Crippen MR) is 131 cm³/mol. The molecule has 1 saturated heterocycles. The zero-order valence-corrected chi connectivity index (χ0v) is 18.9. The number of anilines is 2. The fraction of sp³-hybridized carbons (Fsp3) is 0.360. The van der Waals surface area contributed by atoms with Gasteiger partial charge in [0, 0.05) is 49.6 Å². The van der Waals surface area contributed by atoms with Crippen LogP contribution in [-0.2, 0) is 0 Å². The van der Waals surface area contributed by atoms with Crippen molar-refractivity contribution in [1.82, 2.24) is 14.9 Å². The third kappa shape index (κ3) is 3.69. The van der Waals surface area contributed by atoms with Gasteiger partial charge in [0.1, 0.15) is 6.04 Å². The molecule has 0 amide bonds. The molecule has 0 radical (unpaired) electrons. The van der Waals surface area contributed by atoms with Gasteiger partial charge in [-0.2, -0.15) is 0 Å². The van der Waals surface area contributed by atoms with Crippen molar-refractivity contribution in [2.45, 2.75) is 43.8 Å². The zero-order chi connectivity index (χ0) is 21.4. The van der Waals surface area contributed by atoms with E-state index in [-0.39, 0.29) is 12.1 Å². The summed E-state index contributed by atoms with van der Waals surface area (Å²) >= 11 is 5.88. The predicted octanol–water partition coefficient (Wildman–Crippen LogP) is 5.24. The summed E-state index contributed by atoms with van der Waals surface area (Å²) < 4.78 is 2.49. The molecule has 1 aliphatic heterocycles. The van der Waals surface area contributed by atoms with E-state index in [1.54, 1.807) is 0 Å². The van der Waals surface area contributed by atoms with Crippen molar-refractivity contribution in [2.75, 3.05) is 23.9 Å². The Balaban J connectivity index is 1.59. The standard InChI is InChI=1S/C25H29N5S/c1-28(2)18-12-14-20(15-13-18)30-24(22-11-7-17-29(22)19-8-3-4-9-19)23(27-25(30)31)21-10-5-6-16-26-21/h5-7,10-17,19,23-24H,3-4,8-9H2,1-2H3,(H,27,31)/t23-,24+/m0/s1. The Morgan fingerprint density at radius 3 is 2.45 bits per heavy atom. The van der Waals surface area contributed by atoms with Crippen LogP contribution in [0.5, 0.6) is 0 Å². The van der Waals surface area contributed by atoms with E-state index in [1.165, 1.54) is 37.1 Å². The number of thiocarbonyl (C=S) groups is 1. The van der Waals surface area contributed by atoms with Crippen molar-refractivity contribution in [2.24, 2.45) is 0 Å². The lowest BCUT2D eigenvalue weighted by molar-refractivity contribution is 0.461. The lowest BCUT2D eigenvalue weighted by Crippen LogP contribution is -2.30. The Bertz CT molecular complexity index is 1040. The molecule has 1 aromatic carbocycles. The molecule has 0 spiro atoms. The van der Waals surface area contributed by atoms with E-state index in [1.807, 2.05) is 12.3 Å². The summed E-state index contributed by atoms with van der Waals surface area (Å²) in [5.74, 6) is 0. The second-order valence-corrected chi connectivity index (χ2v) is 9.07. The molecule has 160 valence electrons. The fourth-order valence-electron chi connectivity index (χ4n) is 5.02. The first-order valence-electron chi connectivity index (χ1n) is 11.1. The van der Waals surface area contributed by atoms with Crippen LogP contribution in [0, 0.1) is 0 Å². The second-order valence-electron chi connectivity index (χ2n) is 8.69. The molecular weight excluding hydrogens is 402 g/mol. The van der Waals surface area contributed by atoms with E-state index in [4.69, 9.17) is 12.2 Å². The van der Waals surface area contributed by atoms with Gasteiger partial charge in [0.2, 0.25) is 0 Å². The Kier molecular flexibility index (Phi) is 5.40. The van der Waals surface area contributed by atoms with Crippen molar-refractivity contribution < 1.29 is 0 Å². The second kappa shape index (κ2) is 8.35. The highest BCUT2D eigenvalue weighted by Crippen LogP contribution is 2.43. The number of nitrogens with zero attached hydrogens (tertiary/aromatic N) is 4. The number of nitrogens with one attached hydrogen (secondary N) is 1. The van der Waals surface area contributed by atoms with Gasteiger partial charge in [-0.1, -0.05) is 18.9 Å². The number of pyridine rings is 1. The lowest BCUT2D eigenvalue weighted by atomic mass is 10.00. The van der Waals surface area contributed by atoms with Gasteiger partial charge >= 0.3 is 0 Å². The van der Waals surface area contributed by atoms with E-state index in [9.17, 15) is 0 Å². The Morgan fingerprint density at radius 1 is 1.00 bits per heavy atom. The molecule has 5 nitrogen and oxygen atoms in total. The Morgan fingerprint density at radius 2 is 1.77 bits per heavy atom. The minimum atomic E-state index is -0.00252. The molecule has 5 rings (SSSR count). The summed E-state index contributed by atoms with van der Waals surface area (Å²) in [4.78, 5) is 9.07. The SMILES string of the molecule is CN(C)c1ccc(N2C(=S)N[C@@H](c3ccccn3)[C@H]2c2cccn2C2CCCC2)cc1. The van der Waals surface area contributed by atoms with Crippen LogP contribution in [-0.4, -0.2) is 28.8 Å². The van der Waals surface area contributed by atoms with Gasteiger partial charge in [0.05, 0.1) is 11.7 Å². The van der Waals surface area contributed by atoms with Gasteiger partial charge in [-0.15, -0.1) is 0 Å². The first-order valence-corrected chi connectivity index (χ1v) is 11.5. The molecule has 6 heteroatoms. The quantitative estimate of drug-likeness (QED) is 0.559. The summed E-state index contributed by atoms with van der Waals surface area (Å²) in [5.41, 5.74) is 4.59. The highest BCUT2D eigenvalue weighted by atomic mass is 32.1. The van der Waals surface area contributed by atoms with Crippen LogP contribution >= 0.6 is 12.2 Å². The normalized spacial score (nSPS) is 21.5. The first-order chi connectivity index (χ1) is 15.1. The zero-order valence-electron chi connectivity index (χ0n) is 18.1. The number of hydrogen-bond donors (Lipinski definition) is 1. The maximum atomic E-state index is 5.88. The molecule has 31 heavy (non-hydrogen) atoms. The highest BCUT2D eigenvalue weighted by molar-refractivity contribution is 7.80. The first kappa shape index (κ1) is 20.1. The summed E-state index contributed by atoms with van der Waals surface area (Å²) in [7, 11) is 4.12. The van der Waals surface area contributed by atoms with Gasteiger partial charge in [-0.3, -0.25) is 4.98 Å². The highest BCUT2D eigenvalue weighted by Gasteiger charge is 2.42. The van der Waals surface area contributed by atoms with Crippen molar-refractivity contribution in [3.8, 4) is 0 Å². The van der Waals surface area contributed by atoms with Gasteiger partial charge < -0.3 is 19.7 Å². The van der Waals surface area contributed by atoms with Gasteiger partial charge in [-0.05, 0) is 73.6 Å². The van der Waals surface area contributed by atoms with Crippen LogP contribution in [0.1, 0.15) is 55.2 Å². The Labute approximate surface area is 189 Å². The largest absolute Gasteiger partial charge is 0.378 e. The Hall–Kier alpha value is -2.86. The van der Waals surface area contributed by atoms with Crippen LogP contribution < -0.4 is 15.1 Å². The fourth-order valence-corrected chi connectivity index (χ4v) is 5.36. The van der Waals surface area contributed by atoms with Crippen molar-refractivity contribution in [3.05, 3.63) is 78.4 Å². The average Bonchev–Trinajstić information content (AvgIpc) is 3.53. The molecule has 3 heterocycles. The molecule has 2 aromatic heterocycles. The minimum Gasteiger partial charge on any atom is -0.378 e. The third-order valence-corrected chi connectivity index (χ3v) is 6.89. The maximum Gasteiger partial charge on any atom is 0.174 e. The number of aromatic nitrogens is 2. The number of rotatable bonds is 5. The topological polar surface area (TPSA) is 36.3 Å². The van der Waals surface area contributed by atoms with E-state index < -0.39 is 0 Å². The minimum absolute atomic E-state index is 0.00252. The number of benzene rings is 1. The van der Waals surface area contributed by atoms with E-state index in [2.05, 4.69) is 93.5 Å². The third-order valence-electron chi connectivity index (χ3n) is 6.58. The van der Waals surface area contributed by atoms with Crippen LogP contribution in [0.3, 0.4) is 0 Å².